The van der Waals surface area contributed by atoms with Crippen LogP contribution in [0.25, 0.3) is 0 Å². The van der Waals surface area contributed by atoms with Gasteiger partial charge in [0.1, 0.15) is 17.3 Å². The molecule has 3 rings (SSSR count). The zero-order valence-electron chi connectivity index (χ0n) is 24.5. The maximum atomic E-state index is 12.8. The summed E-state index contributed by atoms with van der Waals surface area (Å²) in [7, 11) is 0. The predicted octanol–water partition coefficient (Wildman–Crippen LogP) is 7.56. The molecule has 1 aliphatic carbocycles. The van der Waals surface area contributed by atoms with Crippen molar-refractivity contribution in [3.05, 3.63) is 69.8 Å². The van der Waals surface area contributed by atoms with Crippen molar-refractivity contribution in [1.29, 1.82) is 0 Å². The van der Waals surface area contributed by atoms with Gasteiger partial charge >= 0.3 is 0 Å². The Hall–Kier alpha value is -2.88. The van der Waals surface area contributed by atoms with Crippen molar-refractivity contribution in [3.63, 3.8) is 0 Å². The number of carbonyl (C=O) groups excluding carboxylic acids is 4. The van der Waals surface area contributed by atoms with Crippen molar-refractivity contribution in [2.45, 2.75) is 99.8 Å². The van der Waals surface area contributed by atoms with E-state index in [1.165, 1.54) is 23.6 Å². The minimum atomic E-state index is -0.0658. The molecule has 4 nitrogen and oxygen atoms in total. The van der Waals surface area contributed by atoms with Gasteiger partial charge < -0.3 is 0 Å². The predicted molar refractivity (Wildman–Crippen MR) is 155 cm³/mol. The number of carbonyl (C=O) groups is 4. The van der Waals surface area contributed by atoms with Gasteiger partial charge in [-0.25, -0.2) is 0 Å². The molecular weight excluding hydrogens is 472 g/mol. The largest absolute Gasteiger partial charge is 0.300 e. The second-order valence-corrected chi connectivity index (χ2v) is 11.3. The average Bonchev–Trinajstić information content (AvgIpc) is 2.83. The number of hydrogen-bond acceptors (Lipinski definition) is 4. The van der Waals surface area contributed by atoms with Crippen LogP contribution in [0.2, 0.25) is 0 Å². The molecule has 0 bridgehead atoms. The van der Waals surface area contributed by atoms with Crippen LogP contribution in [-0.4, -0.2) is 23.1 Å². The zero-order chi connectivity index (χ0) is 28.4. The highest BCUT2D eigenvalue weighted by Crippen LogP contribution is 2.37. The molecule has 0 spiro atoms. The van der Waals surface area contributed by atoms with E-state index in [0.717, 1.165) is 48.8 Å². The Bertz CT molecular complexity index is 1130. The van der Waals surface area contributed by atoms with Crippen LogP contribution in [0.15, 0.2) is 36.4 Å². The summed E-state index contributed by atoms with van der Waals surface area (Å²) < 4.78 is 0. The number of aryl methyl sites for hydroxylation is 3. The smallest absolute Gasteiger partial charge is 0.163 e. The van der Waals surface area contributed by atoms with E-state index in [9.17, 15) is 19.2 Å². The van der Waals surface area contributed by atoms with Crippen molar-refractivity contribution in [2.75, 3.05) is 0 Å². The fourth-order valence-electron chi connectivity index (χ4n) is 5.89. The normalized spacial score (nSPS) is 16.1. The van der Waals surface area contributed by atoms with Crippen LogP contribution in [0, 0.1) is 38.5 Å². The van der Waals surface area contributed by atoms with Crippen LogP contribution in [0.4, 0.5) is 0 Å². The lowest BCUT2D eigenvalue weighted by atomic mass is 9.71. The third kappa shape index (κ3) is 9.15. The lowest BCUT2D eigenvalue weighted by molar-refractivity contribution is -0.130. The molecule has 2 aromatic rings. The molecule has 0 aromatic heterocycles. The summed E-state index contributed by atoms with van der Waals surface area (Å²) in [6.07, 6.45) is 5.77. The second-order valence-electron chi connectivity index (χ2n) is 11.3. The van der Waals surface area contributed by atoms with Gasteiger partial charge in [-0.05, 0) is 88.0 Å². The number of rotatable bonds is 11. The lowest BCUT2D eigenvalue weighted by Gasteiger charge is -2.32. The van der Waals surface area contributed by atoms with E-state index in [4.69, 9.17) is 0 Å². The van der Waals surface area contributed by atoms with Gasteiger partial charge in [-0.1, -0.05) is 68.7 Å². The molecule has 0 aliphatic heterocycles. The van der Waals surface area contributed by atoms with Gasteiger partial charge in [-0.3, -0.25) is 19.2 Å². The lowest BCUT2D eigenvalue weighted by Crippen LogP contribution is -2.30. The Morgan fingerprint density at radius 1 is 0.868 bits per heavy atom. The average molecular weight is 519 g/mol. The molecule has 38 heavy (non-hydrogen) atoms. The fraction of sp³-hybridized carbons (Fsp3) is 0.529. The number of fused-ring (bicyclic) bond motifs is 1. The molecule has 3 unspecified atom stereocenters. The first-order valence-electron chi connectivity index (χ1n) is 14.2. The molecule has 0 saturated heterocycles. The number of ketones is 4. The maximum Gasteiger partial charge on any atom is 0.163 e. The van der Waals surface area contributed by atoms with E-state index in [1.807, 2.05) is 51.1 Å². The van der Waals surface area contributed by atoms with Crippen LogP contribution in [0.3, 0.4) is 0 Å². The molecule has 1 aliphatic rings. The van der Waals surface area contributed by atoms with E-state index >= 15 is 0 Å². The highest BCUT2D eigenvalue weighted by atomic mass is 16.1. The monoisotopic (exact) mass is 518 g/mol. The van der Waals surface area contributed by atoms with Crippen molar-refractivity contribution in [3.8, 4) is 0 Å². The molecule has 0 radical (unpaired) electrons. The maximum absolute atomic E-state index is 12.8. The molecule has 2 aromatic carbocycles. The number of benzene rings is 2. The third-order valence-electron chi connectivity index (χ3n) is 7.72. The van der Waals surface area contributed by atoms with Crippen molar-refractivity contribution >= 4 is 23.1 Å². The van der Waals surface area contributed by atoms with Gasteiger partial charge in [0, 0.05) is 24.3 Å². The molecule has 0 N–H and O–H groups in total. The van der Waals surface area contributed by atoms with Gasteiger partial charge in [0.25, 0.3) is 0 Å². The summed E-state index contributed by atoms with van der Waals surface area (Å²) in [5.74, 6) is 0.982. The van der Waals surface area contributed by atoms with Crippen molar-refractivity contribution in [1.82, 2.24) is 0 Å². The minimum absolute atomic E-state index is 0.0451. The molecular formula is C34H46O4. The molecule has 0 heterocycles. The first kappa shape index (κ1) is 31.3. The van der Waals surface area contributed by atoms with Crippen molar-refractivity contribution in [2.24, 2.45) is 17.8 Å². The molecule has 4 heteroatoms. The Morgan fingerprint density at radius 3 is 2.05 bits per heavy atom. The summed E-state index contributed by atoms with van der Waals surface area (Å²) in [5.41, 5.74) is 6.74. The van der Waals surface area contributed by atoms with E-state index in [2.05, 4.69) is 19.9 Å². The van der Waals surface area contributed by atoms with Gasteiger partial charge in [-0.2, -0.15) is 0 Å². The summed E-state index contributed by atoms with van der Waals surface area (Å²) in [4.78, 5) is 47.6. The molecule has 206 valence electrons. The minimum Gasteiger partial charge on any atom is -0.300 e. The topological polar surface area (TPSA) is 68.3 Å². The van der Waals surface area contributed by atoms with Gasteiger partial charge in [0.05, 0.1) is 6.42 Å². The summed E-state index contributed by atoms with van der Waals surface area (Å²) in [6, 6.07) is 12.2. The summed E-state index contributed by atoms with van der Waals surface area (Å²) >= 11 is 0. The van der Waals surface area contributed by atoms with Gasteiger partial charge in [0.2, 0.25) is 0 Å². The van der Waals surface area contributed by atoms with Crippen LogP contribution in [0.1, 0.15) is 104 Å². The van der Waals surface area contributed by atoms with Crippen LogP contribution < -0.4 is 0 Å². The second kappa shape index (κ2) is 14.9. The quantitative estimate of drug-likeness (QED) is 0.288. The molecule has 0 saturated carbocycles. The van der Waals surface area contributed by atoms with E-state index < -0.39 is 0 Å². The molecule has 0 fully saturated rings. The Morgan fingerprint density at radius 2 is 1.50 bits per heavy atom. The summed E-state index contributed by atoms with van der Waals surface area (Å²) in [5, 5.41) is 0. The standard InChI is InChI=1S/C24H34O3.C10H12O/c1-6-8-19(20(7-2)22(26)11-17(5)25)12-18-13-21-15(3)9-10-16(4)24(21)23(27)14-18;1-8-3-5-10(6-4-8)7-9(2)11/h9-10,18-20H,6-8,11-14H2,1-5H3;3-6H,7H2,1-2H3. The van der Waals surface area contributed by atoms with Crippen LogP contribution >= 0.6 is 0 Å². The highest BCUT2D eigenvalue weighted by molar-refractivity contribution is 6.00. The Kier molecular flexibility index (Phi) is 12.3. The molecule has 3 atom stereocenters. The van der Waals surface area contributed by atoms with Crippen molar-refractivity contribution < 1.29 is 19.2 Å². The zero-order valence-corrected chi connectivity index (χ0v) is 24.5. The highest BCUT2D eigenvalue weighted by Gasteiger charge is 2.33. The number of hydrogen-bond donors (Lipinski definition) is 0. The Labute approximate surface area is 229 Å². The first-order valence-corrected chi connectivity index (χ1v) is 14.2. The van der Waals surface area contributed by atoms with E-state index in [1.54, 1.807) is 6.92 Å². The number of Topliss-reactive ketones (excluding diaryl/α,β-unsaturated/α-hetero) is 4. The summed E-state index contributed by atoms with van der Waals surface area (Å²) in [6.45, 7) is 13.4. The fourth-order valence-corrected chi connectivity index (χ4v) is 5.89. The van der Waals surface area contributed by atoms with E-state index in [0.29, 0.717) is 18.8 Å². The van der Waals surface area contributed by atoms with Gasteiger partial charge in [-0.15, -0.1) is 0 Å². The molecule has 0 amide bonds. The Balaban J connectivity index is 0.000000384. The van der Waals surface area contributed by atoms with E-state index in [-0.39, 0.29) is 41.4 Å². The van der Waals surface area contributed by atoms with Crippen LogP contribution in [-0.2, 0) is 27.2 Å². The third-order valence-corrected chi connectivity index (χ3v) is 7.72. The first-order chi connectivity index (χ1) is 18.0. The SMILES string of the molecule is CC(=O)Cc1ccc(C)cc1.CCCC(CC1CC(=O)c2c(C)ccc(C)c2C1)C(CC)C(=O)CC(C)=O. The van der Waals surface area contributed by atoms with Gasteiger partial charge in [0.15, 0.2) is 5.78 Å². The van der Waals surface area contributed by atoms with Crippen LogP contribution in [0.5, 0.6) is 0 Å².